The lowest BCUT2D eigenvalue weighted by Gasteiger charge is -2.12. The first-order valence-electron chi connectivity index (χ1n) is 9.36. The van der Waals surface area contributed by atoms with E-state index in [2.05, 4.69) is 15.3 Å². The number of hydrogen-bond donors (Lipinski definition) is 1. The number of anilines is 1. The molecule has 1 aliphatic carbocycles. The summed E-state index contributed by atoms with van der Waals surface area (Å²) in [6.07, 6.45) is 6.98. The summed E-state index contributed by atoms with van der Waals surface area (Å²) in [5.74, 6) is 1.15. The fourth-order valence-corrected chi connectivity index (χ4v) is 3.81. The summed E-state index contributed by atoms with van der Waals surface area (Å²) in [5.41, 5.74) is 1.75. The van der Waals surface area contributed by atoms with Gasteiger partial charge in [-0.1, -0.05) is 12.8 Å². The Kier molecular flexibility index (Phi) is 4.71. The van der Waals surface area contributed by atoms with Crippen LogP contribution in [-0.2, 0) is 4.79 Å². The number of aromatic nitrogens is 3. The Bertz CT molecular complexity index is 1030. The molecule has 1 aromatic carbocycles. The van der Waals surface area contributed by atoms with Crippen molar-refractivity contribution in [2.45, 2.75) is 39.0 Å². The Morgan fingerprint density at radius 1 is 1.19 bits per heavy atom. The highest BCUT2D eigenvalue weighted by Crippen LogP contribution is 2.27. The molecule has 1 N–H and O–H groups in total. The van der Waals surface area contributed by atoms with Crippen molar-refractivity contribution in [3.63, 3.8) is 0 Å². The van der Waals surface area contributed by atoms with Crippen molar-refractivity contribution in [1.29, 1.82) is 0 Å². The molecule has 0 bridgehead atoms. The summed E-state index contributed by atoms with van der Waals surface area (Å²) in [6, 6.07) is 10.7. The van der Waals surface area contributed by atoms with Gasteiger partial charge in [-0.25, -0.2) is 9.97 Å². The van der Waals surface area contributed by atoms with Gasteiger partial charge in [-0.3, -0.25) is 14.2 Å². The normalized spacial score (nSPS) is 14.6. The first-order valence-corrected chi connectivity index (χ1v) is 9.36. The van der Waals surface area contributed by atoms with Crippen LogP contribution in [0.2, 0.25) is 0 Å². The maximum atomic E-state index is 12.8. The van der Waals surface area contributed by atoms with Crippen LogP contribution in [0.3, 0.4) is 0 Å². The second-order valence-electron chi connectivity index (χ2n) is 7.12. The van der Waals surface area contributed by atoms with Gasteiger partial charge in [0, 0.05) is 18.3 Å². The topological polar surface area (TPSA) is 76.9 Å². The van der Waals surface area contributed by atoms with Crippen LogP contribution in [0.15, 0.2) is 47.4 Å². The van der Waals surface area contributed by atoms with Crippen LogP contribution in [0, 0.1) is 12.8 Å². The van der Waals surface area contributed by atoms with E-state index in [4.69, 9.17) is 0 Å². The van der Waals surface area contributed by atoms with Gasteiger partial charge in [0.2, 0.25) is 5.91 Å². The molecule has 1 saturated carbocycles. The highest BCUT2D eigenvalue weighted by Gasteiger charge is 2.18. The van der Waals surface area contributed by atoms with E-state index < -0.39 is 0 Å². The summed E-state index contributed by atoms with van der Waals surface area (Å²) >= 11 is 0. The molecule has 1 amide bonds. The molecule has 0 atom stereocenters. The smallest absolute Gasteiger partial charge is 0.267 e. The van der Waals surface area contributed by atoms with Crippen molar-refractivity contribution in [2.75, 3.05) is 5.32 Å². The first-order chi connectivity index (χ1) is 13.1. The molecule has 1 aliphatic rings. The van der Waals surface area contributed by atoms with Crippen LogP contribution >= 0.6 is 0 Å². The van der Waals surface area contributed by atoms with Crippen molar-refractivity contribution >= 4 is 22.6 Å². The van der Waals surface area contributed by atoms with E-state index in [9.17, 15) is 9.59 Å². The lowest BCUT2D eigenvalue weighted by molar-refractivity contribution is -0.117. The Morgan fingerprint density at radius 2 is 1.93 bits per heavy atom. The average Bonchev–Trinajstić information content (AvgIpc) is 3.16. The number of benzene rings is 1. The zero-order valence-electron chi connectivity index (χ0n) is 15.3. The lowest BCUT2D eigenvalue weighted by Crippen LogP contribution is -2.22. The second-order valence-corrected chi connectivity index (χ2v) is 7.12. The van der Waals surface area contributed by atoms with E-state index in [1.807, 2.05) is 24.3 Å². The van der Waals surface area contributed by atoms with Gasteiger partial charge in [0.25, 0.3) is 5.56 Å². The predicted molar refractivity (Wildman–Crippen MR) is 105 cm³/mol. The summed E-state index contributed by atoms with van der Waals surface area (Å²) in [4.78, 5) is 33.6. The maximum Gasteiger partial charge on any atom is 0.267 e. The van der Waals surface area contributed by atoms with Crippen LogP contribution in [0.1, 0.15) is 37.9 Å². The molecule has 3 aromatic rings. The van der Waals surface area contributed by atoms with E-state index in [0.29, 0.717) is 34.9 Å². The summed E-state index contributed by atoms with van der Waals surface area (Å²) in [7, 11) is 0. The van der Waals surface area contributed by atoms with Gasteiger partial charge in [0.05, 0.1) is 11.1 Å². The van der Waals surface area contributed by atoms with Gasteiger partial charge in [-0.05, 0) is 62.1 Å². The molecular formula is C21H22N4O2. The fourth-order valence-electron chi connectivity index (χ4n) is 3.81. The standard InChI is InChI=1S/C21H22N4O2/c1-14-23-20-18(7-4-12-22-20)21(27)25(14)17-10-8-16(9-11-17)24-19(26)13-15-5-2-3-6-15/h4,7-12,15H,2-3,5-6,13H2,1H3,(H,24,26). The third-order valence-corrected chi connectivity index (χ3v) is 5.17. The largest absolute Gasteiger partial charge is 0.326 e. The molecule has 138 valence electrons. The summed E-state index contributed by atoms with van der Waals surface area (Å²) in [5, 5.41) is 3.44. The first kappa shape index (κ1) is 17.4. The van der Waals surface area contributed by atoms with Gasteiger partial charge < -0.3 is 5.32 Å². The minimum atomic E-state index is -0.149. The number of amides is 1. The van der Waals surface area contributed by atoms with Crippen molar-refractivity contribution in [3.05, 3.63) is 58.8 Å². The van der Waals surface area contributed by atoms with E-state index in [1.165, 1.54) is 12.8 Å². The van der Waals surface area contributed by atoms with Crippen molar-refractivity contribution in [1.82, 2.24) is 14.5 Å². The zero-order chi connectivity index (χ0) is 18.8. The highest BCUT2D eigenvalue weighted by atomic mass is 16.1. The molecule has 6 nitrogen and oxygen atoms in total. The van der Waals surface area contributed by atoms with E-state index in [1.54, 1.807) is 29.8 Å². The minimum Gasteiger partial charge on any atom is -0.326 e. The molecule has 2 aromatic heterocycles. The second kappa shape index (κ2) is 7.31. The summed E-state index contributed by atoms with van der Waals surface area (Å²) < 4.78 is 1.56. The lowest BCUT2D eigenvalue weighted by atomic mass is 10.0. The molecule has 27 heavy (non-hydrogen) atoms. The van der Waals surface area contributed by atoms with Gasteiger partial charge >= 0.3 is 0 Å². The monoisotopic (exact) mass is 362 g/mol. The molecule has 0 unspecified atom stereocenters. The number of nitrogens with one attached hydrogen (secondary N) is 1. The minimum absolute atomic E-state index is 0.0569. The number of pyridine rings is 1. The number of carbonyl (C=O) groups is 1. The maximum absolute atomic E-state index is 12.8. The van der Waals surface area contributed by atoms with Gasteiger partial charge in [-0.15, -0.1) is 0 Å². The zero-order valence-corrected chi connectivity index (χ0v) is 15.3. The molecule has 4 rings (SSSR count). The number of fused-ring (bicyclic) bond motifs is 1. The van der Waals surface area contributed by atoms with Crippen molar-refractivity contribution < 1.29 is 4.79 Å². The number of rotatable bonds is 4. The Labute approximate surface area is 157 Å². The molecule has 0 spiro atoms. The SMILES string of the molecule is Cc1nc2ncccc2c(=O)n1-c1ccc(NC(=O)CC2CCCC2)cc1. The molecule has 1 fully saturated rings. The van der Waals surface area contributed by atoms with Crippen molar-refractivity contribution in [2.24, 2.45) is 5.92 Å². The Morgan fingerprint density at radius 3 is 2.67 bits per heavy atom. The molecule has 6 heteroatoms. The molecule has 0 saturated heterocycles. The van der Waals surface area contributed by atoms with Crippen LogP contribution in [0.4, 0.5) is 5.69 Å². The molecule has 0 aliphatic heterocycles. The third-order valence-electron chi connectivity index (χ3n) is 5.17. The van der Waals surface area contributed by atoms with Crippen LogP contribution in [-0.4, -0.2) is 20.4 Å². The van der Waals surface area contributed by atoms with Crippen LogP contribution < -0.4 is 10.9 Å². The quantitative estimate of drug-likeness (QED) is 0.769. The predicted octanol–water partition coefficient (Wildman–Crippen LogP) is 3.61. The van der Waals surface area contributed by atoms with E-state index in [-0.39, 0.29) is 11.5 Å². The van der Waals surface area contributed by atoms with E-state index >= 15 is 0 Å². The fraction of sp³-hybridized carbons (Fsp3) is 0.333. The number of aryl methyl sites for hydroxylation is 1. The molecule has 2 heterocycles. The average molecular weight is 362 g/mol. The van der Waals surface area contributed by atoms with Crippen LogP contribution in [0.25, 0.3) is 16.7 Å². The Balaban J connectivity index is 1.56. The third kappa shape index (κ3) is 3.60. The number of hydrogen-bond acceptors (Lipinski definition) is 4. The highest BCUT2D eigenvalue weighted by molar-refractivity contribution is 5.91. The van der Waals surface area contributed by atoms with Gasteiger partial charge in [0.15, 0.2) is 5.65 Å². The number of nitrogens with zero attached hydrogens (tertiary/aromatic N) is 3. The number of carbonyl (C=O) groups excluding carboxylic acids is 1. The molecular weight excluding hydrogens is 340 g/mol. The van der Waals surface area contributed by atoms with Gasteiger partial charge in [0.1, 0.15) is 5.82 Å². The van der Waals surface area contributed by atoms with Crippen LogP contribution in [0.5, 0.6) is 0 Å². The summed E-state index contributed by atoms with van der Waals surface area (Å²) in [6.45, 7) is 1.78. The van der Waals surface area contributed by atoms with E-state index in [0.717, 1.165) is 18.5 Å². The van der Waals surface area contributed by atoms with Gasteiger partial charge in [-0.2, -0.15) is 0 Å². The Hall–Kier alpha value is -3.02. The van der Waals surface area contributed by atoms with Crippen molar-refractivity contribution in [3.8, 4) is 5.69 Å². The molecule has 0 radical (unpaired) electrons.